The molecule has 100 valence electrons. The number of nitrogens with zero attached hydrogens (tertiary/aromatic N) is 4. The molecule has 1 aromatic heterocycles. The van der Waals surface area contributed by atoms with Crippen molar-refractivity contribution in [2.45, 2.75) is 26.9 Å². The number of aromatic nitrogens is 3. The summed E-state index contributed by atoms with van der Waals surface area (Å²) in [6.07, 6.45) is 0.844. The zero-order valence-corrected chi connectivity index (χ0v) is 10.9. The van der Waals surface area contributed by atoms with Gasteiger partial charge < -0.3 is 5.11 Å². The van der Waals surface area contributed by atoms with Crippen molar-refractivity contribution >= 4 is 5.69 Å². The average molecular weight is 262 g/mol. The van der Waals surface area contributed by atoms with E-state index in [0.717, 1.165) is 5.56 Å². The van der Waals surface area contributed by atoms with E-state index < -0.39 is 11.0 Å². The molecule has 0 spiro atoms. The van der Waals surface area contributed by atoms with Gasteiger partial charge in [-0.2, -0.15) is 0 Å². The predicted octanol–water partition coefficient (Wildman–Crippen LogP) is 1.85. The first-order valence-electron chi connectivity index (χ1n) is 5.77. The number of aryl methyl sites for hydroxylation is 1. The van der Waals surface area contributed by atoms with Crippen LogP contribution in [0.3, 0.4) is 0 Å². The van der Waals surface area contributed by atoms with Crippen LogP contribution in [0.25, 0.3) is 5.69 Å². The highest BCUT2D eigenvalue weighted by Gasteiger charge is 2.18. The molecule has 7 nitrogen and oxygen atoms in total. The van der Waals surface area contributed by atoms with E-state index >= 15 is 0 Å². The Morgan fingerprint density at radius 1 is 1.42 bits per heavy atom. The molecule has 7 heteroatoms. The van der Waals surface area contributed by atoms with E-state index in [1.165, 1.54) is 10.7 Å². The number of nitro groups is 1. The largest absolute Gasteiger partial charge is 0.387 e. The maximum Gasteiger partial charge on any atom is 0.274 e. The Morgan fingerprint density at radius 3 is 2.63 bits per heavy atom. The van der Waals surface area contributed by atoms with Crippen molar-refractivity contribution in [3.63, 3.8) is 0 Å². The van der Waals surface area contributed by atoms with Gasteiger partial charge in [0.2, 0.25) is 0 Å². The quantitative estimate of drug-likeness (QED) is 0.672. The maximum atomic E-state index is 11.0. The Morgan fingerprint density at radius 2 is 2.11 bits per heavy atom. The molecule has 0 aliphatic rings. The molecular weight excluding hydrogens is 248 g/mol. The van der Waals surface area contributed by atoms with Crippen molar-refractivity contribution in [3.05, 3.63) is 45.3 Å². The van der Waals surface area contributed by atoms with E-state index in [4.69, 9.17) is 0 Å². The second-order valence-electron chi connectivity index (χ2n) is 4.40. The first kappa shape index (κ1) is 13.2. The van der Waals surface area contributed by atoms with Crippen LogP contribution in [-0.4, -0.2) is 25.0 Å². The van der Waals surface area contributed by atoms with E-state index in [1.807, 2.05) is 6.92 Å². The Kier molecular flexibility index (Phi) is 3.30. The summed E-state index contributed by atoms with van der Waals surface area (Å²) in [7, 11) is 0. The molecule has 0 aliphatic heterocycles. The Labute approximate surface area is 109 Å². The molecule has 0 amide bonds. The van der Waals surface area contributed by atoms with Gasteiger partial charge in [0.1, 0.15) is 5.69 Å². The van der Waals surface area contributed by atoms with Gasteiger partial charge >= 0.3 is 0 Å². The summed E-state index contributed by atoms with van der Waals surface area (Å²) in [5, 5.41) is 28.1. The van der Waals surface area contributed by atoms with Crippen LogP contribution in [0, 0.1) is 24.0 Å². The summed E-state index contributed by atoms with van der Waals surface area (Å²) in [4.78, 5) is 10.5. The molecule has 0 radical (unpaired) electrons. The van der Waals surface area contributed by atoms with Crippen LogP contribution >= 0.6 is 0 Å². The molecule has 2 aromatic rings. The summed E-state index contributed by atoms with van der Waals surface area (Å²) in [6.45, 7) is 5.10. The van der Waals surface area contributed by atoms with Crippen molar-refractivity contribution in [1.29, 1.82) is 0 Å². The van der Waals surface area contributed by atoms with Gasteiger partial charge in [-0.25, -0.2) is 4.68 Å². The number of benzene rings is 1. The van der Waals surface area contributed by atoms with Crippen LogP contribution in [0.5, 0.6) is 0 Å². The minimum absolute atomic E-state index is 0.0368. The molecule has 19 heavy (non-hydrogen) atoms. The zero-order chi connectivity index (χ0) is 14.2. The number of rotatable bonds is 3. The minimum atomic E-state index is -0.729. The smallest absolute Gasteiger partial charge is 0.274 e. The van der Waals surface area contributed by atoms with Gasteiger partial charge in [-0.15, -0.1) is 5.10 Å². The summed E-state index contributed by atoms with van der Waals surface area (Å²) >= 11 is 0. The molecule has 0 aliphatic carbocycles. The lowest BCUT2D eigenvalue weighted by molar-refractivity contribution is -0.385. The third-order valence-corrected chi connectivity index (χ3v) is 2.97. The summed E-state index contributed by atoms with van der Waals surface area (Å²) in [5.74, 6) is 0. The Balaban J connectivity index is 2.60. The third-order valence-electron chi connectivity index (χ3n) is 2.97. The van der Waals surface area contributed by atoms with E-state index in [9.17, 15) is 15.2 Å². The number of hydrogen-bond acceptors (Lipinski definition) is 5. The molecule has 0 saturated heterocycles. The fourth-order valence-electron chi connectivity index (χ4n) is 1.95. The highest BCUT2D eigenvalue weighted by atomic mass is 16.6. The molecule has 0 saturated carbocycles. The van der Waals surface area contributed by atoms with Crippen LogP contribution in [0.4, 0.5) is 5.69 Å². The van der Waals surface area contributed by atoms with Gasteiger partial charge in [0.05, 0.1) is 28.5 Å². The molecule has 0 bridgehead atoms. The molecule has 1 N–H and O–H groups in total. The highest BCUT2D eigenvalue weighted by Crippen LogP contribution is 2.27. The van der Waals surface area contributed by atoms with Gasteiger partial charge in [-0.1, -0.05) is 11.3 Å². The molecule has 1 unspecified atom stereocenters. The van der Waals surface area contributed by atoms with Crippen molar-refractivity contribution in [2.24, 2.45) is 0 Å². The lowest BCUT2D eigenvalue weighted by atomic mass is 10.1. The van der Waals surface area contributed by atoms with Crippen molar-refractivity contribution in [3.8, 4) is 5.69 Å². The van der Waals surface area contributed by atoms with Gasteiger partial charge in [-0.05, 0) is 26.3 Å². The van der Waals surface area contributed by atoms with Crippen molar-refractivity contribution < 1.29 is 10.0 Å². The van der Waals surface area contributed by atoms with E-state index in [2.05, 4.69) is 10.3 Å². The first-order chi connectivity index (χ1) is 8.91. The van der Waals surface area contributed by atoms with Crippen LogP contribution in [0.2, 0.25) is 0 Å². The SMILES string of the molecule is Cc1ccc([N+](=O)[O-])c(C)c1-n1cc(C(C)O)nn1. The normalized spacial score (nSPS) is 12.4. The lowest BCUT2D eigenvalue weighted by Crippen LogP contribution is -2.04. The molecule has 1 atom stereocenters. The molecular formula is C12H14N4O3. The van der Waals surface area contributed by atoms with E-state index in [-0.39, 0.29) is 5.69 Å². The van der Waals surface area contributed by atoms with E-state index in [1.54, 1.807) is 26.1 Å². The van der Waals surface area contributed by atoms with Crippen LogP contribution in [0.1, 0.15) is 29.8 Å². The van der Waals surface area contributed by atoms with Crippen LogP contribution in [-0.2, 0) is 0 Å². The fourth-order valence-corrected chi connectivity index (χ4v) is 1.95. The Hall–Kier alpha value is -2.28. The van der Waals surface area contributed by atoms with Gasteiger partial charge in [-0.3, -0.25) is 10.1 Å². The standard InChI is InChI=1S/C12H14N4O3/c1-7-4-5-11(16(18)19)8(2)12(7)15-6-10(9(3)17)13-14-15/h4-6,9,17H,1-3H3. The highest BCUT2D eigenvalue weighted by molar-refractivity contribution is 5.56. The number of hydrogen-bond donors (Lipinski definition) is 1. The molecule has 0 fully saturated rings. The van der Waals surface area contributed by atoms with Gasteiger partial charge in [0, 0.05) is 6.07 Å². The maximum absolute atomic E-state index is 11.0. The zero-order valence-electron chi connectivity index (χ0n) is 10.9. The van der Waals surface area contributed by atoms with Crippen LogP contribution in [0.15, 0.2) is 18.3 Å². The second-order valence-corrected chi connectivity index (χ2v) is 4.40. The molecule has 1 heterocycles. The number of nitro benzene ring substituents is 1. The average Bonchev–Trinajstić information content (AvgIpc) is 2.78. The summed E-state index contributed by atoms with van der Waals surface area (Å²) in [6, 6.07) is 3.14. The van der Waals surface area contributed by atoms with Crippen molar-refractivity contribution in [1.82, 2.24) is 15.0 Å². The summed E-state index contributed by atoms with van der Waals surface area (Å²) in [5.41, 5.74) is 2.45. The molecule has 1 aromatic carbocycles. The van der Waals surface area contributed by atoms with Crippen molar-refractivity contribution in [2.75, 3.05) is 0 Å². The van der Waals surface area contributed by atoms with Gasteiger partial charge in [0.15, 0.2) is 0 Å². The fraction of sp³-hybridized carbons (Fsp3) is 0.333. The monoisotopic (exact) mass is 262 g/mol. The first-order valence-corrected chi connectivity index (χ1v) is 5.77. The number of aliphatic hydroxyl groups excluding tert-OH is 1. The molecule has 2 rings (SSSR count). The third kappa shape index (κ3) is 2.32. The number of aliphatic hydroxyl groups is 1. The second kappa shape index (κ2) is 4.77. The predicted molar refractivity (Wildman–Crippen MR) is 68.1 cm³/mol. The Bertz CT molecular complexity index is 634. The van der Waals surface area contributed by atoms with E-state index in [0.29, 0.717) is 16.9 Å². The summed E-state index contributed by atoms with van der Waals surface area (Å²) < 4.78 is 1.46. The lowest BCUT2D eigenvalue weighted by Gasteiger charge is -2.09. The van der Waals surface area contributed by atoms with Crippen LogP contribution < -0.4 is 0 Å². The minimum Gasteiger partial charge on any atom is -0.387 e. The van der Waals surface area contributed by atoms with Gasteiger partial charge in [0.25, 0.3) is 5.69 Å². The topological polar surface area (TPSA) is 94.1 Å².